The average molecular weight is 431 g/mol. The first-order valence-electron chi connectivity index (χ1n) is 10.1. The van der Waals surface area contributed by atoms with E-state index in [-0.39, 0.29) is 17.2 Å². The summed E-state index contributed by atoms with van der Waals surface area (Å²) >= 11 is 6.24. The van der Waals surface area contributed by atoms with Crippen LogP contribution in [-0.4, -0.2) is 33.9 Å². The fourth-order valence-electron chi connectivity index (χ4n) is 3.35. The lowest BCUT2D eigenvalue weighted by molar-refractivity contribution is 0.134. The summed E-state index contributed by atoms with van der Waals surface area (Å²) in [5.74, 6) is 0. The number of imidazole rings is 1. The van der Waals surface area contributed by atoms with E-state index in [4.69, 9.17) is 16.0 Å². The second-order valence-electron chi connectivity index (χ2n) is 9.16. The molecule has 7 heteroatoms. The van der Waals surface area contributed by atoms with Crippen LogP contribution in [0.3, 0.4) is 0 Å². The molecule has 3 aromatic rings. The van der Waals surface area contributed by atoms with Crippen LogP contribution in [-0.2, 0) is 10.8 Å². The molecule has 3 rings (SSSR count). The van der Waals surface area contributed by atoms with Crippen molar-refractivity contribution in [2.45, 2.75) is 70.8 Å². The summed E-state index contributed by atoms with van der Waals surface area (Å²) in [5.41, 5.74) is 2.71. The van der Waals surface area contributed by atoms with Crippen molar-refractivity contribution in [3.05, 3.63) is 53.7 Å². The quantitative estimate of drug-likeness (QED) is 0.337. The van der Waals surface area contributed by atoms with Gasteiger partial charge in [-0.15, -0.1) is 0 Å². The molecule has 1 aromatic carbocycles. The lowest BCUT2D eigenvalue weighted by Gasteiger charge is -2.40. The van der Waals surface area contributed by atoms with Gasteiger partial charge < -0.3 is 8.99 Å². The van der Waals surface area contributed by atoms with Crippen molar-refractivity contribution in [3.63, 3.8) is 0 Å². The zero-order chi connectivity index (χ0) is 21.2. The Labute approximate surface area is 179 Å². The molecule has 0 saturated heterocycles. The summed E-state index contributed by atoms with van der Waals surface area (Å²) in [5, 5.41) is 0.529. The van der Waals surface area contributed by atoms with E-state index < -0.39 is 8.32 Å². The Hall–Kier alpha value is -1.76. The van der Waals surface area contributed by atoms with Gasteiger partial charge in [-0.3, -0.25) is 0 Å². The summed E-state index contributed by atoms with van der Waals surface area (Å²) in [6.45, 7) is 13.6. The van der Waals surface area contributed by atoms with Crippen molar-refractivity contribution in [3.8, 4) is 0 Å². The van der Waals surface area contributed by atoms with Crippen LogP contribution in [0.15, 0.2) is 43.0 Å². The normalized spacial score (nSPS) is 14.9. The molecule has 2 atom stereocenters. The minimum Gasteiger partial charge on any atom is -0.412 e. The van der Waals surface area contributed by atoms with Crippen molar-refractivity contribution in [1.29, 1.82) is 0 Å². The third kappa shape index (κ3) is 4.87. The van der Waals surface area contributed by atoms with Gasteiger partial charge >= 0.3 is 0 Å². The summed E-state index contributed by atoms with van der Waals surface area (Å²) in [4.78, 5) is 13.0. The molecule has 2 heterocycles. The molecule has 0 aliphatic carbocycles. The van der Waals surface area contributed by atoms with Crippen LogP contribution < -0.4 is 0 Å². The Balaban J connectivity index is 1.93. The maximum atomic E-state index is 6.77. The SMILES string of the molecule is CC(O[Si](C)(C)C(C)(C)C)C(CCc1ccccc1)n1cnc2c(Cl)ncnc21. The van der Waals surface area contributed by atoms with E-state index >= 15 is 0 Å². The number of nitrogens with zero attached hydrogens (tertiary/aromatic N) is 4. The van der Waals surface area contributed by atoms with Gasteiger partial charge in [0, 0.05) is 0 Å². The van der Waals surface area contributed by atoms with E-state index in [1.807, 2.05) is 12.4 Å². The Bertz CT molecular complexity index is 952. The molecule has 0 N–H and O–H groups in total. The van der Waals surface area contributed by atoms with Crippen LogP contribution >= 0.6 is 11.6 Å². The van der Waals surface area contributed by atoms with E-state index in [0.717, 1.165) is 18.5 Å². The molecule has 0 aliphatic heterocycles. The highest BCUT2D eigenvalue weighted by molar-refractivity contribution is 6.74. The Morgan fingerprint density at radius 3 is 2.45 bits per heavy atom. The molecule has 5 nitrogen and oxygen atoms in total. The van der Waals surface area contributed by atoms with Gasteiger partial charge in [0.15, 0.2) is 19.1 Å². The fraction of sp³-hybridized carbons (Fsp3) is 0.500. The van der Waals surface area contributed by atoms with E-state index in [2.05, 4.69) is 84.6 Å². The number of halogens is 1. The fourth-order valence-corrected chi connectivity index (χ4v) is 4.96. The van der Waals surface area contributed by atoms with Crippen LogP contribution in [0.2, 0.25) is 23.3 Å². The lowest BCUT2D eigenvalue weighted by Crippen LogP contribution is -2.45. The molecular weight excluding hydrogens is 400 g/mol. The minimum absolute atomic E-state index is 0.0192. The average Bonchev–Trinajstić information content (AvgIpc) is 3.07. The summed E-state index contributed by atoms with van der Waals surface area (Å²) < 4.78 is 8.88. The highest BCUT2D eigenvalue weighted by Gasteiger charge is 2.40. The molecule has 156 valence electrons. The summed E-state index contributed by atoms with van der Waals surface area (Å²) in [6, 6.07) is 10.6. The van der Waals surface area contributed by atoms with Crippen molar-refractivity contribution in [1.82, 2.24) is 19.5 Å². The maximum Gasteiger partial charge on any atom is 0.192 e. The van der Waals surface area contributed by atoms with Gasteiger partial charge in [-0.25, -0.2) is 15.0 Å². The van der Waals surface area contributed by atoms with Crippen molar-refractivity contribution < 1.29 is 4.43 Å². The van der Waals surface area contributed by atoms with Crippen molar-refractivity contribution >= 4 is 31.1 Å². The second-order valence-corrected chi connectivity index (χ2v) is 14.3. The molecule has 0 aliphatic rings. The minimum atomic E-state index is -1.92. The first-order chi connectivity index (χ1) is 13.6. The van der Waals surface area contributed by atoms with E-state index in [0.29, 0.717) is 10.7 Å². The second kappa shape index (κ2) is 8.54. The molecule has 0 bridgehead atoms. The molecule has 0 fully saturated rings. The van der Waals surface area contributed by atoms with Gasteiger partial charge in [0.1, 0.15) is 11.8 Å². The zero-order valence-corrected chi connectivity index (χ0v) is 19.9. The van der Waals surface area contributed by atoms with Crippen LogP contribution in [0.5, 0.6) is 0 Å². The number of benzene rings is 1. The van der Waals surface area contributed by atoms with Gasteiger partial charge in [-0.2, -0.15) is 0 Å². The molecule has 2 aromatic heterocycles. The number of rotatable bonds is 7. The third-order valence-corrected chi connectivity index (χ3v) is 10.9. The molecule has 0 radical (unpaired) electrons. The smallest absolute Gasteiger partial charge is 0.192 e. The van der Waals surface area contributed by atoms with Crippen LogP contribution in [0.25, 0.3) is 11.2 Å². The maximum absolute atomic E-state index is 6.77. The van der Waals surface area contributed by atoms with Crippen molar-refractivity contribution in [2.75, 3.05) is 0 Å². The summed E-state index contributed by atoms with van der Waals surface area (Å²) in [7, 11) is -1.92. The molecular formula is C22H31ClN4OSi. The number of aromatic nitrogens is 4. The predicted octanol–water partition coefficient (Wildman–Crippen LogP) is 6.06. The Morgan fingerprint density at radius 2 is 1.79 bits per heavy atom. The summed E-state index contributed by atoms with van der Waals surface area (Å²) in [6.07, 6.45) is 5.22. The lowest BCUT2D eigenvalue weighted by atomic mass is 10.0. The number of hydrogen-bond acceptors (Lipinski definition) is 4. The van der Waals surface area contributed by atoms with E-state index in [1.54, 1.807) is 0 Å². The molecule has 0 saturated carbocycles. The number of aryl methyl sites for hydroxylation is 1. The van der Waals surface area contributed by atoms with Crippen LogP contribution in [0.4, 0.5) is 0 Å². The van der Waals surface area contributed by atoms with Crippen LogP contribution in [0, 0.1) is 0 Å². The first-order valence-corrected chi connectivity index (χ1v) is 13.4. The topological polar surface area (TPSA) is 52.8 Å². The third-order valence-electron chi connectivity index (χ3n) is 6.07. The molecule has 2 unspecified atom stereocenters. The van der Waals surface area contributed by atoms with E-state index in [1.165, 1.54) is 11.9 Å². The molecule has 29 heavy (non-hydrogen) atoms. The highest BCUT2D eigenvalue weighted by Crippen LogP contribution is 2.39. The predicted molar refractivity (Wildman–Crippen MR) is 122 cm³/mol. The van der Waals surface area contributed by atoms with Gasteiger partial charge in [-0.1, -0.05) is 62.7 Å². The van der Waals surface area contributed by atoms with E-state index in [9.17, 15) is 0 Å². The largest absolute Gasteiger partial charge is 0.412 e. The first kappa shape index (κ1) is 21.9. The van der Waals surface area contributed by atoms with Gasteiger partial charge in [0.05, 0.1) is 18.5 Å². The van der Waals surface area contributed by atoms with Gasteiger partial charge in [-0.05, 0) is 43.5 Å². The van der Waals surface area contributed by atoms with Crippen LogP contribution in [0.1, 0.15) is 45.7 Å². The molecule has 0 amide bonds. The van der Waals surface area contributed by atoms with Gasteiger partial charge in [0.25, 0.3) is 0 Å². The number of fused-ring (bicyclic) bond motifs is 1. The van der Waals surface area contributed by atoms with Crippen molar-refractivity contribution in [2.24, 2.45) is 0 Å². The standard InChI is InChI=1S/C22H31ClN4OSi/c1-16(28-29(5,6)22(2,3)4)18(13-12-17-10-8-7-9-11-17)27-15-26-19-20(23)24-14-25-21(19)27/h7-11,14-16,18H,12-13H2,1-6H3. The molecule has 0 spiro atoms. The monoisotopic (exact) mass is 430 g/mol. The van der Waals surface area contributed by atoms with Gasteiger partial charge in [0.2, 0.25) is 0 Å². The zero-order valence-electron chi connectivity index (χ0n) is 18.2. The Kier molecular flexibility index (Phi) is 6.46. The highest BCUT2D eigenvalue weighted by atomic mass is 35.5. The Morgan fingerprint density at radius 1 is 1.10 bits per heavy atom. The number of hydrogen-bond donors (Lipinski definition) is 0.